The summed E-state index contributed by atoms with van der Waals surface area (Å²) in [4.78, 5) is 4.56. The Labute approximate surface area is 131 Å². The number of imidazole rings is 1. The summed E-state index contributed by atoms with van der Waals surface area (Å²) in [7, 11) is 0. The van der Waals surface area contributed by atoms with Gasteiger partial charge in [-0.2, -0.15) is 0 Å². The topological polar surface area (TPSA) is 43.8 Å². The van der Waals surface area contributed by atoms with Crippen molar-refractivity contribution in [2.45, 2.75) is 91.0 Å². The largest absolute Gasteiger partial charge is 0.332 e. The number of rotatable bonds is 13. The van der Waals surface area contributed by atoms with Crippen molar-refractivity contribution < 1.29 is 0 Å². The van der Waals surface area contributed by atoms with Gasteiger partial charge >= 0.3 is 0 Å². The first-order chi connectivity index (χ1) is 10.3. The Kier molecular flexibility index (Phi) is 10.2. The molecular weight excluding hydrogens is 258 g/mol. The van der Waals surface area contributed by atoms with E-state index in [1.807, 2.05) is 6.20 Å². The molecule has 0 radical (unpaired) electrons. The highest BCUT2D eigenvalue weighted by molar-refractivity contribution is 5.03. The van der Waals surface area contributed by atoms with Crippen LogP contribution in [0.1, 0.15) is 82.7 Å². The predicted molar refractivity (Wildman–Crippen MR) is 91.6 cm³/mol. The zero-order valence-electron chi connectivity index (χ0n) is 14.2. The Hall–Kier alpha value is -0.830. The van der Waals surface area contributed by atoms with Gasteiger partial charge in [-0.25, -0.2) is 4.98 Å². The highest BCUT2D eigenvalue weighted by Crippen LogP contribution is 2.13. The van der Waals surface area contributed by atoms with E-state index in [2.05, 4.69) is 23.4 Å². The maximum Gasteiger partial charge on any atom is 0.108 e. The van der Waals surface area contributed by atoms with E-state index in [-0.39, 0.29) is 0 Å². The molecule has 0 amide bonds. The van der Waals surface area contributed by atoms with Gasteiger partial charge in [0.25, 0.3) is 0 Å². The molecule has 0 aromatic carbocycles. The fraction of sp³-hybridized carbons (Fsp3) is 0.833. The zero-order valence-corrected chi connectivity index (χ0v) is 14.2. The van der Waals surface area contributed by atoms with Crippen LogP contribution in [0.2, 0.25) is 0 Å². The highest BCUT2D eigenvalue weighted by Gasteiger charge is 2.06. The Morgan fingerprint density at radius 1 is 0.952 bits per heavy atom. The second-order valence-electron chi connectivity index (χ2n) is 6.19. The van der Waals surface area contributed by atoms with Gasteiger partial charge < -0.3 is 10.3 Å². The quantitative estimate of drug-likeness (QED) is 0.540. The Morgan fingerprint density at radius 3 is 2.19 bits per heavy atom. The molecule has 0 aliphatic carbocycles. The molecule has 0 aliphatic heterocycles. The van der Waals surface area contributed by atoms with Gasteiger partial charge in [-0.1, -0.05) is 58.3 Å². The lowest BCUT2D eigenvalue weighted by Crippen LogP contribution is -2.10. The second kappa shape index (κ2) is 11.8. The number of nitrogens with two attached hydrogens (primary N) is 1. The average Bonchev–Trinajstić information content (AvgIpc) is 2.84. The summed E-state index contributed by atoms with van der Waals surface area (Å²) in [6.07, 6.45) is 16.6. The lowest BCUT2D eigenvalue weighted by atomic mass is 10.1. The lowest BCUT2D eigenvalue weighted by molar-refractivity contribution is 0.549. The molecule has 3 nitrogen and oxygen atoms in total. The summed E-state index contributed by atoms with van der Waals surface area (Å²) in [5, 5.41) is 0. The number of hydrogen-bond acceptors (Lipinski definition) is 2. The molecule has 1 aromatic rings. The molecule has 0 atom stereocenters. The van der Waals surface area contributed by atoms with Gasteiger partial charge in [0.15, 0.2) is 0 Å². The fourth-order valence-electron chi connectivity index (χ4n) is 2.86. The predicted octanol–water partition coefficient (Wildman–Crippen LogP) is 4.61. The molecule has 0 aliphatic rings. The zero-order chi connectivity index (χ0) is 15.3. The maximum atomic E-state index is 5.61. The van der Waals surface area contributed by atoms with Crippen molar-refractivity contribution in [2.24, 2.45) is 5.73 Å². The van der Waals surface area contributed by atoms with Gasteiger partial charge in [-0.05, 0) is 26.3 Å². The second-order valence-corrected chi connectivity index (χ2v) is 6.19. The first-order valence-corrected chi connectivity index (χ1v) is 9.00. The van der Waals surface area contributed by atoms with Crippen LogP contribution >= 0.6 is 0 Å². The molecular formula is C18H35N3. The van der Waals surface area contributed by atoms with Gasteiger partial charge in [0.05, 0.1) is 0 Å². The van der Waals surface area contributed by atoms with Crippen molar-refractivity contribution in [1.29, 1.82) is 0 Å². The fourth-order valence-corrected chi connectivity index (χ4v) is 2.86. The number of aromatic nitrogens is 2. The van der Waals surface area contributed by atoms with Crippen molar-refractivity contribution in [3.8, 4) is 0 Å². The first kappa shape index (κ1) is 18.2. The van der Waals surface area contributed by atoms with Crippen molar-refractivity contribution >= 4 is 0 Å². The third-order valence-corrected chi connectivity index (χ3v) is 4.23. The van der Waals surface area contributed by atoms with E-state index in [1.54, 1.807) is 0 Å². The smallest absolute Gasteiger partial charge is 0.108 e. The van der Waals surface area contributed by atoms with Gasteiger partial charge in [-0.3, -0.25) is 0 Å². The molecule has 3 heteroatoms. The molecule has 0 bridgehead atoms. The minimum Gasteiger partial charge on any atom is -0.332 e. The van der Waals surface area contributed by atoms with Crippen LogP contribution in [0.3, 0.4) is 0 Å². The van der Waals surface area contributed by atoms with E-state index in [1.165, 1.54) is 69.3 Å². The van der Waals surface area contributed by atoms with Crippen molar-refractivity contribution in [1.82, 2.24) is 9.55 Å². The molecule has 1 aromatic heterocycles. The van der Waals surface area contributed by atoms with Crippen LogP contribution in [0.25, 0.3) is 0 Å². The SMILES string of the molecule is CCCCCCCCCCCc1ncc(C)n1CCCN. The summed E-state index contributed by atoms with van der Waals surface area (Å²) in [5.41, 5.74) is 6.88. The van der Waals surface area contributed by atoms with E-state index in [0.29, 0.717) is 0 Å². The molecule has 0 spiro atoms. The minimum absolute atomic E-state index is 0.759. The van der Waals surface area contributed by atoms with E-state index in [4.69, 9.17) is 5.73 Å². The monoisotopic (exact) mass is 293 g/mol. The van der Waals surface area contributed by atoms with E-state index >= 15 is 0 Å². The normalized spacial score (nSPS) is 11.2. The number of unbranched alkanes of at least 4 members (excludes halogenated alkanes) is 8. The molecule has 122 valence electrons. The Balaban J connectivity index is 2.10. The molecule has 21 heavy (non-hydrogen) atoms. The highest BCUT2D eigenvalue weighted by atomic mass is 15.1. The molecule has 2 N–H and O–H groups in total. The van der Waals surface area contributed by atoms with Crippen molar-refractivity contribution in [3.05, 3.63) is 17.7 Å². The van der Waals surface area contributed by atoms with E-state index in [9.17, 15) is 0 Å². The molecule has 1 heterocycles. The van der Waals surface area contributed by atoms with Gasteiger partial charge in [0.2, 0.25) is 0 Å². The summed E-state index contributed by atoms with van der Waals surface area (Å²) in [5.74, 6) is 1.25. The minimum atomic E-state index is 0.759. The Bertz CT molecular complexity index is 357. The third-order valence-electron chi connectivity index (χ3n) is 4.23. The Morgan fingerprint density at radius 2 is 1.57 bits per heavy atom. The summed E-state index contributed by atoms with van der Waals surface area (Å²) < 4.78 is 2.34. The van der Waals surface area contributed by atoms with Crippen molar-refractivity contribution in [3.63, 3.8) is 0 Å². The van der Waals surface area contributed by atoms with Crippen LogP contribution in [0.5, 0.6) is 0 Å². The summed E-state index contributed by atoms with van der Waals surface area (Å²) in [6.45, 7) is 6.20. The molecule has 0 saturated heterocycles. The molecule has 1 rings (SSSR count). The van der Waals surface area contributed by atoms with Gasteiger partial charge in [-0.15, -0.1) is 0 Å². The van der Waals surface area contributed by atoms with Crippen LogP contribution in [0.15, 0.2) is 6.20 Å². The summed E-state index contributed by atoms with van der Waals surface area (Å²) in [6, 6.07) is 0. The number of aryl methyl sites for hydroxylation is 2. The number of nitrogens with zero attached hydrogens (tertiary/aromatic N) is 2. The first-order valence-electron chi connectivity index (χ1n) is 9.00. The average molecular weight is 293 g/mol. The van der Waals surface area contributed by atoms with Crippen LogP contribution < -0.4 is 5.73 Å². The van der Waals surface area contributed by atoms with Crippen LogP contribution in [-0.2, 0) is 13.0 Å². The summed E-state index contributed by atoms with van der Waals surface area (Å²) >= 11 is 0. The molecule has 0 fully saturated rings. The van der Waals surface area contributed by atoms with Crippen molar-refractivity contribution in [2.75, 3.05) is 6.54 Å². The molecule has 0 unspecified atom stereocenters. The van der Waals surface area contributed by atoms with Crippen LogP contribution in [0.4, 0.5) is 0 Å². The van der Waals surface area contributed by atoms with E-state index in [0.717, 1.165) is 25.9 Å². The number of hydrogen-bond donors (Lipinski definition) is 1. The van der Waals surface area contributed by atoms with Crippen LogP contribution in [0, 0.1) is 6.92 Å². The van der Waals surface area contributed by atoms with Crippen LogP contribution in [-0.4, -0.2) is 16.1 Å². The lowest BCUT2D eigenvalue weighted by Gasteiger charge is -2.09. The van der Waals surface area contributed by atoms with E-state index < -0.39 is 0 Å². The standard InChI is InChI=1S/C18H35N3/c1-3-4-5-6-7-8-9-10-11-13-18-20-16-17(2)21(18)15-12-14-19/h16H,3-15,19H2,1-2H3. The third kappa shape index (κ3) is 7.66. The maximum absolute atomic E-state index is 5.61. The molecule has 0 saturated carbocycles. The van der Waals surface area contributed by atoms with Gasteiger partial charge in [0, 0.05) is 24.9 Å². The van der Waals surface area contributed by atoms with Gasteiger partial charge in [0.1, 0.15) is 5.82 Å².